The van der Waals surface area contributed by atoms with Gasteiger partial charge in [0.05, 0.1) is 27.8 Å². The Morgan fingerprint density at radius 2 is 1.89 bits per heavy atom. The number of carbonyl (C=O) groups excluding carboxylic acids is 1. The van der Waals surface area contributed by atoms with Gasteiger partial charge in [-0.25, -0.2) is 22.4 Å². The molecule has 0 unspecified atom stereocenters. The second-order valence-electron chi connectivity index (χ2n) is 9.34. The van der Waals surface area contributed by atoms with Crippen molar-refractivity contribution in [1.82, 2.24) is 13.9 Å². The molecule has 5 aromatic rings. The lowest BCUT2D eigenvalue weighted by Crippen LogP contribution is -2.15. The molecule has 1 aliphatic rings. The maximum Gasteiger partial charge on any atom is 0.269 e. The topological polar surface area (TPSA) is 118 Å². The monoisotopic (exact) mass is 541 g/mol. The largest absolute Gasteiger partial charge is 0.310 e. The summed E-state index contributed by atoms with van der Waals surface area (Å²) in [4.78, 5) is 21.3. The Morgan fingerprint density at radius 1 is 1.11 bits per heavy atom. The van der Waals surface area contributed by atoms with Gasteiger partial charge in [0.2, 0.25) is 5.91 Å². The molecule has 1 N–H and O–H groups in total. The van der Waals surface area contributed by atoms with Crippen LogP contribution < -0.4 is 5.32 Å². The fourth-order valence-electron chi connectivity index (χ4n) is 4.57. The van der Waals surface area contributed by atoms with Crippen LogP contribution in [-0.4, -0.2) is 28.3 Å². The zero-order chi connectivity index (χ0) is 26.6. The SMILES string of the molecule is Cc1ccc(S(=O)(=O)n2ccc3c(-c4cc(Cl)c5cnc(NC(=O)[C@H]6C[C@@H]6C#N)cc5c4)ccnc32)cc1. The van der Waals surface area contributed by atoms with E-state index in [1.54, 1.807) is 54.9 Å². The smallest absolute Gasteiger partial charge is 0.269 e. The third-order valence-electron chi connectivity index (χ3n) is 6.77. The predicted octanol–water partition coefficient (Wildman–Crippen LogP) is 5.55. The fourth-order valence-corrected chi connectivity index (χ4v) is 6.14. The minimum atomic E-state index is -3.85. The summed E-state index contributed by atoms with van der Waals surface area (Å²) >= 11 is 6.61. The van der Waals surface area contributed by atoms with E-state index >= 15 is 0 Å². The Labute approximate surface area is 223 Å². The molecule has 1 aliphatic carbocycles. The molecular formula is C28H20ClN5O3S. The molecule has 1 fully saturated rings. The molecule has 2 atom stereocenters. The number of carbonyl (C=O) groups is 1. The predicted molar refractivity (Wildman–Crippen MR) is 145 cm³/mol. The van der Waals surface area contributed by atoms with Gasteiger partial charge in [-0.2, -0.15) is 5.26 Å². The maximum absolute atomic E-state index is 13.4. The summed E-state index contributed by atoms with van der Waals surface area (Å²) in [5.41, 5.74) is 2.79. The molecule has 0 radical (unpaired) electrons. The van der Waals surface area contributed by atoms with Gasteiger partial charge in [-0.15, -0.1) is 0 Å². The van der Waals surface area contributed by atoms with Gasteiger partial charge in [-0.1, -0.05) is 29.3 Å². The summed E-state index contributed by atoms with van der Waals surface area (Å²) in [5, 5.41) is 14.3. The summed E-state index contributed by atoms with van der Waals surface area (Å²) < 4.78 is 27.9. The van der Waals surface area contributed by atoms with E-state index in [9.17, 15) is 13.2 Å². The quantitative estimate of drug-likeness (QED) is 0.312. The van der Waals surface area contributed by atoms with Gasteiger partial charge in [0.15, 0.2) is 5.65 Å². The molecule has 0 spiro atoms. The van der Waals surface area contributed by atoms with Gasteiger partial charge in [-0.05, 0) is 72.3 Å². The minimum Gasteiger partial charge on any atom is -0.310 e. The number of nitrogens with zero attached hydrogens (tertiary/aromatic N) is 4. The second kappa shape index (κ2) is 8.94. The number of nitrogens with one attached hydrogen (secondary N) is 1. The standard InChI is InChI=1S/C28H20ClN5O3S/c1-16-2-4-20(5-3-16)38(36,37)34-9-7-22-21(6-8-31-27(22)34)17-10-18-13-26(32-15-24(18)25(29)12-17)33-28(35)23-11-19(23)14-30/h2-10,12-13,15,19,23H,11H2,1H3,(H,32,33,35)/t19-,23+/m1/s1. The number of fused-ring (bicyclic) bond motifs is 2. The van der Waals surface area contributed by atoms with Crippen LogP contribution in [0.25, 0.3) is 32.9 Å². The summed E-state index contributed by atoms with van der Waals surface area (Å²) in [7, 11) is -3.85. The number of aromatic nitrogens is 3. The average Bonchev–Trinajstić information content (AvgIpc) is 3.57. The van der Waals surface area contributed by atoms with Crippen molar-refractivity contribution in [2.45, 2.75) is 18.2 Å². The molecule has 0 aliphatic heterocycles. The lowest BCUT2D eigenvalue weighted by atomic mass is 10.0. The number of nitriles is 1. The van der Waals surface area contributed by atoms with Gasteiger partial charge in [0.25, 0.3) is 10.0 Å². The number of rotatable bonds is 5. The van der Waals surface area contributed by atoms with Crippen molar-refractivity contribution < 1.29 is 13.2 Å². The minimum absolute atomic E-state index is 0.177. The third kappa shape index (κ3) is 4.08. The fraction of sp³-hybridized carbons (Fsp3) is 0.143. The lowest BCUT2D eigenvalue weighted by Gasteiger charge is -2.11. The van der Waals surface area contributed by atoms with Crippen molar-refractivity contribution in [1.29, 1.82) is 5.26 Å². The molecule has 6 rings (SSSR count). The van der Waals surface area contributed by atoms with Crippen molar-refractivity contribution >= 4 is 55.2 Å². The number of anilines is 1. The van der Waals surface area contributed by atoms with Crippen LogP contribution in [0.2, 0.25) is 5.02 Å². The first kappa shape index (κ1) is 24.1. The highest BCUT2D eigenvalue weighted by molar-refractivity contribution is 7.90. The Hall–Kier alpha value is -4.26. The molecular weight excluding hydrogens is 522 g/mol. The van der Waals surface area contributed by atoms with Gasteiger partial charge in [0.1, 0.15) is 5.82 Å². The average molecular weight is 542 g/mol. The van der Waals surface area contributed by atoms with Crippen molar-refractivity contribution in [2.24, 2.45) is 11.8 Å². The Bertz CT molecular complexity index is 1910. The highest BCUT2D eigenvalue weighted by Gasteiger charge is 2.43. The number of hydrogen-bond donors (Lipinski definition) is 1. The van der Waals surface area contributed by atoms with Crippen LogP contribution in [0.1, 0.15) is 12.0 Å². The highest BCUT2D eigenvalue weighted by atomic mass is 35.5. The van der Waals surface area contributed by atoms with Crippen LogP contribution in [0, 0.1) is 30.1 Å². The molecule has 10 heteroatoms. The van der Waals surface area contributed by atoms with E-state index in [1.807, 2.05) is 19.1 Å². The van der Waals surface area contributed by atoms with E-state index in [-0.39, 0.29) is 22.6 Å². The maximum atomic E-state index is 13.4. The number of aryl methyl sites for hydroxylation is 1. The van der Waals surface area contributed by atoms with Crippen LogP contribution in [0.3, 0.4) is 0 Å². The van der Waals surface area contributed by atoms with Crippen molar-refractivity contribution in [3.63, 3.8) is 0 Å². The first-order chi connectivity index (χ1) is 18.3. The first-order valence-electron chi connectivity index (χ1n) is 11.8. The zero-order valence-corrected chi connectivity index (χ0v) is 21.7. The van der Waals surface area contributed by atoms with E-state index in [0.717, 1.165) is 22.1 Å². The van der Waals surface area contributed by atoms with Crippen LogP contribution in [0.5, 0.6) is 0 Å². The summed E-state index contributed by atoms with van der Waals surface area (Å²) in [6.45, 7) is 1.90. The molecule has 3 aromatic heterocycles. The first-order valence-corrected chi connectivity index (χ1v) is 13.7. The van der Waals surface area contributed by atoms with Crippen LogP contribution >= 0.6 is 11.6 Å². The number of amides is 1. The number of hydrogen-bond acceptors (Lipinski definition) is 6. The molecule has 3 heterocycles. The molecule has 1 amide bonds. The summed E-state index contributed by atoms with van der Waals surface area (Å²) in [6, 6.07) is 17.8. The van der Waals surface area contributed by atoms with Crippen LogP contribution in [-0.2, 0) is 14.8 Å². The van der Waals surface area contributed by atoms with Crippen molar-refractivity contribution in [3.8, 4) is 17.2 Å². The lowest BCUT2D eigenvalue weighted by molar-refractivity contribution is -0.117. The zero-order valence-electron chi connectivity index (χ0n) is 20.1. The molecule has 1 saturated carbocycles. The Kier molecular flexibility index (Phi) is 5.67. The normalized spacial score (nSPS) is 16.9. The Morgan fingerprint density at radius 3 is 2.63 bits per heavy atom. The van der Waals surface area contributed by atoms with Crippen molar-refractivity contribution in [3.05, 3.63) is 83.8 Å². The van der Waals surface area contributed by atoms with Gasteiger partial charge >= 0.3 is 0 Å². The van der Waals surface area contributed by atoms with Gasteiger partial charge in [0, 0.05) is 29.4 Å². The van der Waals surface area contributed by atoms with Crippen molar-refractivity contribution in [2.75, 3.05) is 5.32 Å². The molecule has 38 heavy (non-hydrogen) atoms. The molecule has 2 aromatic carbocycles. The van der Waals surface area contributed by atoms with E-state index in [2.05, 4.69) is 21.4 Å². The molecule has 188 valence electrons. The number of benzene rings is 2. The van der Waals surface area contributed by atoms with E-state index in [4.69, 9.17) is 16.9 Å². The summed E-state index contributed by atoms with van der Waals surface area (Å²) in [5.74, 6) is -0.405. The number of pyridine rings is 2. The molecule has 0 bridgehead atoms. The summed E-state index contributed by atoms with van der Waals surface area (Å²) in [6.07, 6.45) is 5.22. The number of halogens is 1. The van der Waals surface area contributed by atoms with Crippen LogP contribution in [0.15, 0.2) is 78.1 Å². The molecule has 0 saturated heterocycles. The third-order valence-corrected chi connectivity index (χ3v) is 8.77. The van der Waals surface area contributed by atoms with E-state index in [0.29, 0.717) is 33.7 Å². The highest BCUT2D eigenvalue weighted by Crippen LogP contribution is 2.39. The Balaban J connectivity index is 1.40. The van der Waals surface area contributed by atoms with Crippen LogP contribution in [0.4, 0.5) is 5.82 Å². The van der Waals surface area contributed by atoms with E-state index in [1.165, 1.54) is 10.2 Å². The van der Waals surface area contributed by atoms with Gasteiger partial charge in [-0.3, -0.25) is 4.79 Å². The second-order valence-corrected chi connectivity index (χ2v) is 11.6. The molecule has 8 nitrogen and oxygen atoms in total. The van der Waals surface area contributed by atoms with E-state index < -0.39 is 10.0 Å². The van der Waals surface area contributed by atoms with Gasteiger partial charge < -0.3 is 5.32 Å².